The van der Waals surface area contributed by atoms with Gasteiger partial charge in [-0.15, -0.1) is 0 Å². The summed E-state index contributed by atoms with van der Waals surface area (Å²) in [6.07, 6.45) is 1.71. The minimum atomic E-state index is -0.927. The minimum absolute atomic E-state index is 0.0530. The normalized spacial score (nSPS) is 12.2. The molecule has 0 fully saturated rings. The molecule has 2 aromatic carbocycles. The molecule has 1 aromatic heterocycles. The van der Waals surface area contributed by atoms with Crippen molar-refractivity contribution in [3.8, 4) is 5.75 Å². The highest BCUT2D eigenvalue weighted by Gasteiger charge is 2.21. The van der Waals surface area contributed by atoms with Crippen molar-refractivity contribution >= 4 is 16.9 Å². The number of hydrogen-bond donors (Lipinski definition) is 3. The molecule has 1 heterocycles. The summed E-state index contributed by atoms with van der Waals surface area (Å²) in [7, 11) is 0. The Balaban J connectivity index is 1.87. The number of nitrogens with two attached hydrogens (primary N) is 1. The summed E-state index contributed by atoms with van der Waals surface area (Å²) < 4.78 is 5.81. The molecule has 23 heavy (non-hydrogen) atoms. The van der Waals surface area contributed by atoms with Crippen LogP contribution in [0.1, 0.15) is 17.0 Å². The summed E-state index contributed by atoms with van der Waals surface area (Å²) in [6.45, 7) is 0.517. The number of carbonyl (C=O) groups is 1. The fourth-order valence-corrected chi connectivity index (χ4v) is 2.60. The van der Waals surface area contributed by atoms with E-state index in [0.717, 1.165) is 16.5 Å². The van der Waals surface area contributed by atoms with E-state index >= 15 is 0 Å². The second-order valence-electron chi connectivity index (χ2n) is 5.35. The summed E-state index contributed by atoms with van der Waals surface area (Å²) in [5.41, 5.74) is 8.23. The smallest absolute Gasteiger partial charge is 0.312 e. The quantitative estimate of drug-likeness (QED) is 0.653. The van der Waals surface area contributed by atoms with E-state index in [2.05, 4.69) is 4.98 Å². The molecule has 0 radical (unpaired) electrons. The fraction of sp³-hybridized carbons (Fsp3) is 0.167. The molecular formula is C18H18N2O3. The van der Waals surface area contributed by atoms with Gasteiger partial charge in [0.15, 0.2) is 0 Å². The fourth-order valence-electron chi connectivity index (χ4n) is 2.60. The van der Waals surface area contributed by atoms with Crippen LogP contribution in [0.3, 0.4) is 0 Å². The summed E-state index contributed by atoms with van der Waals surface area (Å²) in [5.74, 6) is -0.958. The molecule has 118 valence electrons. The third-order valence-corrected chi connectivity index (χ3v) is 3.84. The molecule has 0 amide bonds. The van der Waals surface area contributed by atoms with Crippen LogP contribution in [0.25, 0.3) is 10.9 Å². The Morgan fingerprint density at radius 3 is 2.70 bits per heavy atom. The van der Waals surface area contributed by atoms with E-state index in [9.17, 15) is 9.90 Å². The Hall–Kier alpha value is -2.79. The molecular weight excluding hydrogens is 292 g/mol. The molecule has 0 aliphatic rings. The van der Waals surface area contributed by atoms with Crippen molar-refractivity contribution < 1.29 is 14.6 Å². The molecule has 0 unspecified atom stereocenters. The van der Waals surface area contributed by atoms with Gasteiger partial charge in [-0.05, 0) is 29.3 Å². The van der Waals surface area contributed by atoms with Crippen molar-refractivity contribution in [2.75, 3.05) is 6.54 Å². The second kappa shape index (κ2) is 6.54. The molecule has 1 atom stereocenters. The number of rotatable bonds is 6. The molecule has 0 aliphatic heterocycles. The van der Waals surface area contributed by atoms with Crippen LogP contribution < -0.4 is 10.5 Å². The van der Waals surface area contributed by atoms with E-state index in [1.54, 1.807) is 6.20 Å². The highest BCUT2D eigenvalue weighted by Crippen LogP contribution is 2.29. The Morgan fingerprint density at radius 1 is 1.22 bits per heavy atom. The number of aromatic nitrogens is 1. The van der Waals surface area contributed by atoms with Gasteiger partial charge >= 0.3 is 5.97 Å². The van der Waals surface area contributed by atoms with Gasteiger partial charge in [-0.2, -0.15) is 0 Å². The molecule has 5 nitrogen and oxygen atoms in total. The minimum Gasteiger partial charge on any atom is -0.489 e. The average Bonchev–Trinajstić information content (AvgIpc) is 2.97. The summed E-state index contributed by atoms with van der Waals surface area (Å²) >= 11 is 0. The predicted octanol–water partition coefficient (Wildman–Crippen LogP) is 2.87. The number of aromatic amines is 1. The van der Waals surface area contributed by atoms with E-state index in [1.807, 2.05) is 48.5 Å². The molecule has 0 saturated carbocycles. The lowest BCUT2D eigenvalue weighted by atomic mass is 9.99. The monoisotopic (exact) mass is 310 g/mol. The van der Waals surface area contributed by atoms with Crippen LogP contribution in [-0.2, 0) is 11.4 Å². The summed E-state index contributed by atoms with van der Waals surface area (Å²) in [6, 6.07) is 15.5. The van der Waals surface area contributed by atoms with E-state index in [-0.39, 0.29) is 6.54 Å². The van der Waals surface area contributed by atoms with Gasteiger partial charge in [-0.1, -0.05) is 30.3 Å². The maximum atomic E-state index is 11.3. The topological polar surface area (TPSA) is 88.3 Å². The van der Waals surface area contributed by atoms with Crippen LogP contribution in [0, 0.1) is 0 Å². The maximum absolute atomic E-state index is 11.3. The average molecular weight is 310 g/mol. The lowest BCUT2D eigenvalue weighted by Gasteiger charge is -2.10. The number of ether oxygens (including phenoxy) is 1. The first-order valence-electron chi connectivity index (χ1n) is 7.39. The predicted molar refractivity (Wildman–Crippen MR) is 88.5 cm³/mol. The lowest BCUT2D eigenvalue weighted by Crippen LogP contribution is -2.20. The van der Waals surface area contributed by atoms with Crippen molar-refractivity contribution in [2.24, 2.45) is 5.73 Å². The first kappa shape index (κ1) is 15.1. The largest absolute Gasteiger partial charge is 0.489 e. The van der Waals surface area contributed by atoms with E-state index in [4.69, 9.17) is 10.5 Å². The Kier molecular flexibility index (Phi) is 4.30. The SMILES string of the molecule is NC[C@@H](C(=O)O)c1c[nH]c2ccc(OCc3ccccc3)cc12. The van der Waals surface area contributed by atoms with Crippen LogP contribution in [0.4, 0.5) is 0 Å². The van der Waals surface area contributed by atoms with Crippen molar-refractivity contribution in [3.63, 3.8) is 0 Å². The third kappa shape index (κ3) is 3.19. The summed E-state index contributed by atoms with van der Waals surface area (Å²) in [5, 5.41) is 10.1. The zero-order chi connectivity index (χ0) is 16.2. The van der Waals surface area contributed by atoms with Gasteiger partial charge in [0.1, 0.15) is 12.4 Å². The number of carboxylic acid groups (broad SMARTS) is 1. The van der Waals surface area contributed by atoms with Crippen LogP contribution >= 0.6 is 0 Å². The number of fused-ring (bicyclic) bond motifs is 1. The van der Waals surface area contributed by atoms with Crippen LogP contribution in [0.15, 0.2) is 54.7 Å². The van der Waals surface area contributed by atoms with Gasteiger partial charge < -0.3 is 20.6 Å². The number of aliphatic carboxylic acids is 1. The first-order chi connectivity index (χ1) is 11.2. The van der Waals surface area contributed by atoms with Crippen molar-refractivity contribution in [2.45, 2.75) is 12.5 Å². The highest BCUT2D eigenvalue weighted by molar-refractivity contribution is 5.90. The van der Waals surface area contributed by atoms with Gasteiger partial charge in [0.25, 0.3) is 0 Å². The third-order valence-electron chi connectivity index (χ3n) is 3.84. The van der Waals surface area contributed by atoms with Gasteiger partial charge in [-0.25, -0.2) is 0 Å². The van der Waals surface area contributed by atoms with Gasteiger partial charge in [0, 0.05) is 23.6 Å². The number of carboxylic acids is 1. The standard InChI is InChI=1S/C18H18N2O3/c19-9-15(18(21)22)16-10-20-17-7-6-13(8-14(16)17)23-11-12-4-2-1-3-5-12/h1-8,10,15,20H,9,11,19H2,(H,21,22)/t15-/m1/s1. The van der Waals surface area contributed by atoms with Gasteiger partial charge in [0.05, 0.1) is 5.92 Å². The van der Waals surface area contributed by atoms with E-state index < -0.39 is 11.9 Å². The number of H-pyrrole nitrogens is 1. The van der Waals surface area contributed by atoms with Crippen molar-refractivity contribution in [3.05, 3.63) is 65.9 Å². The summed E-state index contributed by atoms with van der Waals surface area (Å²) in [4.78, 5) is 14.4. The zero-order valence-electron chi connectivity index (χ0n) is 12.5. The molecule has 0 spiro atoms. The highest BCUT2D eigenvalue weighted by atomic mass is 16.5. The van der Waals surface area contributed by atoms with Crippen molar-refractivity contribution in [1.29, 1.82) is 0 Å². The van der Waals surface area contributed by atoms with Crippen molar-refractivity contribution in [1.82, 2.24) is 4.98 Å². The lowest BCUT2D eigenvalue weighted by molar-refractivity contribution is -0.138. The van der Waals surface area contributed by atoms with Crippen LogP contribution in [0.2, 0.25) is 0 Å². The Morgan fingerprint density at radius 2 is 2.00 bits per heavy atom. The van der Waals surface area contributed by atoms with E-state index in [1.165, 1.54) is 0 Å². The number of benzene rings is 2. The number of hydrogen-bond acceptors (Lipinski definition) is 3. The van der Waals surface area contributed by atoms with Gasteiger partial charge in [0.2, 0.25) is 0 Å². The zero-order valence-corrected chi connectivity index (χ0v) is 12.5. The van der Waals surface area contributed by atoms with Crippen LogP contribution in [-0.4, -0.2) is 22.6 Å². The maximum Gasteiger partial charge on any atom is 0.312 e. The van der Waals surface area contributed by atoms with Gasteiger partial charge in [-0.3, -0.25) is 4.79 Å². The molecule has 3 rings (SSSR count). The molecule has 3 aromatic rings. The molecule has 0 bridgehead atoms. The number of nitrogens with one attached hydrogen (secondary N) is 1. The Labute approximate surface area is 133 Å². The second-order valence-corrected chi connectivity index (χ2v) is 5.35. The molecule has 4 N–H and O–H groups in total. The molecule has 0 aliphatic carbocycles. The molecule has 0 saturated heterocycles. The van der Waals surface area contributed by atoms with E-state index in [0.29, 0.717) is 17.9 Å². The van der Waals surface area contributed by atoms with Crippen LogP contribution in [0.5, 0.6) is 5.75 Å². The molecule has 5 heteroatoms. The first-order valence-corrected chi connectivity index (χ1v) is 7.39. The Bertz CT molecular complexity index is 812.